The number of carbonyl (C=O) groups is 2. The SMILES string of the molecule is C=CCN(C(=O)O)c1cccc(OC(=O)N(CCC)c2ccccc2)c1. The summed E-state index contributed by atoms with van der Waals surface area (Å²) in [7, 11) is 0. The van der Waals surface area contributed by atoms with Gasteiger partial charge in [0.05, 0.1) is 5.69 Å². The van der Waals surface area contributed by atoms with Crippen molar-refractivity contribution in [2.24, 2.45) is 0 Å². The molecule has 6 heteroatoms. The zero-order valence-corrected chi connectivity index (χ0v) is 14.7. The summed E-state index contributed by atoms with van der Waals surface area (Å²) in [6.45, 7) is 6.19. The maximum absolute atomic E-state index is 12.6. The highest BCUT2D eigenvalue weighted by Crippen LogP contribution is 2.23. The Morgan fingerprint density at radius 3 is 2.38 bits per heavy atom. The first-order chi connectivity index (χ1) is 12.6. The van der Waals surface area contributed by atoms with Crippen LogP contribution in [0.25, 0.3) is 0 Å². The van der Waals surface area contributed by atoms with Gasteiger partial charge in [-0.2, -0.15) is 0 Å². The van der Waals surface area contributed by atoms with Gasteiger partial charge in [-0.15, -0.1) is 6.58 Å². The van der Waals surface area contributed by atoms with Gasteiger partial charge in [-0.05, 0) is 30.7 Å². The van der Waals surface area contributed by atoms with E-state index in [1.165, 1.54) is 12.1 Å². The lowest BCUT2D eigenvalue weighted by molar-refractivity contribution is 0.202. The summed E-state index contributed by atoms with van der Waals surface area (Å²) in [6, 6.07) is 15.7. The van der Waals surface area contributed by atoms with Crippen LogP contribution in [-0.4, -0.2) is 30.4 Å². The fraction of sp³-hybridized carbons (Fsp3) is 0.200. The first-order valence-electron chi connectivity index (χ1n) is 8.32. The molecule has 0 heterocycles. The largest absolute Gasteiger partial charge is 0.465 e. The molecule has 0 bridgehead atoms. The molecule has 26 heavy (non-hydrogen) atoms. The second kappa shape index (κ2) is 9.27. The lowest BCUT2D eigenvalue weighted by atomic mass is 10.2. The predicted octanol–water partition coefficient (Wildman–Crippen LogP) is 4.77. The van der Waals surface area contributed by atoms with E-state index in [1.807, 2.05) is 37.3 Å². The van der Waals surface area contributed by atoms with E-state index in [9.17, 15) is 14.7 Å². The molecule has 2 aromatic rings. The Bertz CT molecular complexity index is 761. The van der Waals surface area contributed by atoms with Gasteiger partial charge in [-0.1, -0.05) is 37.3 Å². The van der Waals surface area contributed by atoms with Crippen LogP contribution in [0.3, 0.4) is 0 Å². The highest BCUT2D eigenvalue weighted by molar-refractivity contribution is 5.90. The van der Waals surface area contributed by atoms with Crippen molar-refractivity contribution in [3.63, 3.8) is 0 Å². The Kier molecular flexibility index (Phi) is 6.79. The molecule has 0 radical (unpaired) electrons. The summed E-state index contributed by atoms with van der Waals surface area (Å²) in [5.74, 6) is 0.278. The zero-order valence-electron chi connectivity index (χ0n) is 14.7. The van der Waals surface area contributed by atoms with E-state index in [0.717, 1.165) is 17.0 Å². The molecule has 0 aromatic heterocycles. The maximum atomic E-state index is 12.6. The summed E-state index contributed by atoms with van der Waals surface area (Å²) in [6.07, 6.45) is 0.646. The van der Waals surface area contributed by atoms with E-state index in [1.54, 1.807) is 23.1 Å². The van der Waals surface area contributed by atoms with Crippen molar-refractivity contribution in [1.29, 1.82) is 0 Å². The van der Waals surface area contributed by atoms with E-state index >= 15 is 0 Å². The van der Waals surface area contributed by atoms with Crippen LogP contribution in [0.2, 0.25) is 0 Å². The zero-order chi connectivity index (χ0) is 18.9. The average molecular weight is 354 g/mol. The first-order valence-corrected chi connectivity index (χ1v) is 8.32. The molecule has 0 aliphatic heterocycles. The molecule has 136 valence electrons. The fourth-order valence-corrected chi connectivity index (χ4v) is 2.45. The van der Waals surface area contributed by atoms with Crippen molar-refractivity contribution in [3.8, 4) is 5.75 Å². The number of carbonyl (C=O) groups excluding carboxylic acids is 1. The molecule has 6 nitrogen and oxygen atoms in total. The Labute approximate surface area is 152 Å². The molecular formula is C20H22N2O4. The normalized spacial score (nSPS) is 10.0. The summed E-state index contributed by atoms with van der Waals surface area (Å²) >= 11 is 0. The van der Waals surface area contributed by atoms with Gasteiger partial charge in [0.25, 0.3) is 0 Å². The van der Waals surface area contributed by atoms with Crippen LogP contribution >= 0.6 is 0 Å². The summed E-state index contributed by atoms with van der Waals surface area (Å²) in [5, 5.41) is 9.30. The smallest absolute Gasteiger partial charge is 0.419 e. The van der Waals surface area contributed by atoms with Crippen LogP contribution in [0.4, 0.5) is 21.0 Å². The Balaban J connectivity index is 2.21. The number of anilines is 2. The molecule has 0 spiro atoms. The van der Waals surface area contributed by atoms with E-state index in [0.29, 0.717) is 12.2 Å². The third-order valence-electron chi connectivity index (χ3n) is 3.61. The summed E-state index contributed by atoms with van der Waals surface area (Å²) < 4.78 is 5.47. The molecule has 0 aliphatic carbocycles. The Hall–Kier alpha value is -3.28. The van der Waals surface area contributed by atoms with Crippen molar-refractivity contribution in [2.75, 3.05) is 22.9 Å². The molecule has 0 saturated heterocycles. The Morgan fingerprint density at radius 2 is 1.77 bits per heavy atom. The summed E-state index contributed by atoms with van der Waals surface area (Å²) in [4.78, 5) is 26.6. The number of carboxylic acid groups (broad SMARTS) is 1. The molecule has 0 saturated carbocycles. The second-order valence-corrected chi connectivity index (χ2v) is 5.53. The molecule has 0 atom stereocenters. The van der Waals surface area contributed by atoms with Gasteiger partial charge >= 0.3 is 12.2 Å². The molecule has 2 rings (SSSR count). The highest BCUT2D eigenvalue weighted by Gasteiger charge is 2.18. The van der Waals surface area contributed by atoms with Crippen molar-refractivity contribution >= 4 is 23.6 Å². The second-order valence-electron chi connectivity index (χ2n) is 5.53. The minimum absolute atomic E-state index is 0.138. The predicted molar refractivity (Wildman–Crippen MR) is 102 cm³/mol. The number of ether oxygens (including phenoxy) is 1. The van der Waals surface area contributed by atoms with E-state index in [-0.39, 0.29) is 12.3 Å². The lowest BCUT2D eigenvalue weighted by Crippen LogP contribution is -2.34. The van der Waals surface area contributed by atoms with Gasteiger partial charge in [0.2, 0.25) is 0 Å². The first kappa shape index (κ1) is 19.1. The van der Waals surface area contributed by atoms with Crippen LogP contribution in [0.1, 0.15) is 13.3 Å². The number of rotatable bonds is 7. The third kappa shape index (κ3) is 4.86. The highest BCUT2D eigenvalue weighted by atomic mass is 16.6. The quantitative estimate of drug-likeness (QED) is 0.727. The third-order valence-corrected chi connectivity index (χ3v) is 3.61. The van der Waals surface area contributed by atoms with Crippen molar-refractivity contribution < 1.29 is 19.4 Å². The number of para-hydroxylation sites is 1. The maximum Gasteiger partial charge on any atom is 0.419 e. The average Bonchev–Trinajstić information content (AvgIpc) is 2.64. The van der Waals surface area contributed by atoms with Gasteiger partial charge in [0.1, 0.15) is 5.75 Å². The monoisotopic (exact) mass is 354 g/mol. The minimum Gasteiger partial charge on any atom is -0.465 e. The van der Waals surface area contributed by atoms with Crippen molar-refractivity contribution in [3.05, 3.63) is 67.3 Å². The van der Waals surface area contributed by atoms with Crippen molar-refractivity contribution in [2.45, 2.75) is 13.3 Å². The molecule has 2 amide bonds. The number of amides is 2. The van der Waals surface area contributed by atoms with E-state index in [2.05, 4.69) is 6.58 Å². The molecule has 0 fully saturated rings. The van der Waals surface area contributed by atoms with Crippen LogP contribution in [-0.2, 0) is 0 Å². The van der Waals surface area contributed by atoms with Gasteiger partial charge in [0.15, 0.2) is 0 Å². The standard InChI is InChI=1S/C20H22N2O4/c1-3-13-21(19(23)24)17-11-8-12-18(15-17)26-20(25)22(14-4-2)16-9-6-5-7-10-16/h3,5-12,15H,1,4,13-14H2,2H3,(H,23,24). The molecule has 0 aliphatic rings. The van der Waals surface area contributed by atoms with Gasteiger partial charge < -0.3 is 9.84 Å². The van der Waals surface area contributed by atoms with E-state index < -0.39 is 12.2 Å². The van der Waals surface area contributed by atoms with Crippen LogP contribution in [0.15, 0.2) is 67.3 Å². The van der Waals surface area contributed by atoms with Crippen LogP contribution in [0, 0.1) is 0 Å². The molecule has 1 N–H and O–H groups in total. The topological polar surface area (TPSA) is 70.1 Å². The van der Waals surface area contributed by atoms with Crippen molar-refractivity contribution in [1.82, 2.24) is 0 Å². The van der Waals surface area contributed by atoms with Gasteiger partial charge in [0, 0.05) is 24.8 Å². The van der Waals surface area contributed by atoms with Gasteiger partial charge in [-0.25, -0.2) is 9.59 Å². The van der Waals surface area contributed by atoms with Crippen LogP contribution < -0.4 is 14.5 Å². The minimum atomic E-state index is -1.11. The Morgan fingerprint density at radius 1 is 1.08 bits per heavy atom. The lowest BCUT2D eigenvalue weighted by Gasteiger charge is -2.22. The van der Waals surface area contributed by atoms with Gasteiger partial charge in [-0.3, -0.25) is 9.80 Å². The molecule has 0 unspecified atom stereocenters. The number of nitrogens with zero attached hydrogens (tertiary/aromatic N) is 2. The molecular weight excluding hydrogens is 332 g/mol. The number of hydrogen-bond acceptors (Lipinski definition) is 3. The summed E-state index contributed by atoms with van der Waals surface area (Å²) in [5.41, 5.74) is 1.15. The van der Waals surface area contributed by atoms with E-state index in [4.69, 9.17) is 4.74 Å². The number of benzene rings is 2. The molecule has 2 aromatic carbocycles. The fourth-order valence-electron chi connectivity index (χ4n) is 2.45. The number of hydrogen-bond donors (Lipinski definition) is 1. The van der Waals surface area contributed by atoms with Crippen LogP contribution in [0.5, 0.6) is 5.75 Å².